The van der Waals surface area contributed by atoms with Crippen LogP contribution < -0.4 is 24.4 Å². The van der Waals surface area contributed by atoms with Gasteiger partial charge < -0.3 is 18.9 Å². The molecule has 3 aromatic heterocycles. The van der Waals surface area contributed by atoms with Crippen LogP contribution in [0.1, 0.15) is 34.9 Å². The van der Waals surface area contributed by atoms with E-state index < -0.39 is 0 Å². The zero-order valence-electron chi connectivity index (χ0n) is 23.9. The maximum absolute atomic E-state index is 14.1. The van der Waals surface area contributed by atoms with Crippen LogP contribution in [0.4, 0.5) is 0 Å². The second-order valence-electron chi connectivity index (χ2n) is 10.5. The molecule has 8 nitrogen and oxygen atoms in total. The van der Waals surface area contributed by atoms with Gasteiger partial charge in [-0.25, -0.2) is 9.98 Å². The molecule has 6 aromatic rings. The second-order valence-corrected chi connectivity index (χ2v) is 12.5. The number of allylic oxidation sites excluding steroid dienone is 1. The summed E-state index contributed by atoms with van der Waals surface area (Å²) >= 11 is 2.78. The molecule has 0 spiro atoms. The molecule has 4 heterocycles. The molecule has 0 fully saturated rings. The summed E-state index contributed by atoms with van der Waals surface area (Å²) in [4.78, 5) is 27.8. The van der Waals surface area contributed by atoms with E-state index in [-0.39, 0.29) is 11.6 Å². The van der Waals surface area contributed by atoms with Crippen LogP contribution in [0, 0.1) is 0 Å². The van der Waals surface area contributed by atoms with Crippen molar-refractivity contribution in [2.45, 2.75) is 29.1 Å². The van der Waals surface area contributed by atoms with E-state index in [1.54, 1.807) is 20.3 Å². The number of H-pyrrole nitrogens is 1. The van der Waals surface area contributed by atoms with Crippen molar-refractivity contribution in [3.63, 3.8) is 0 Å². The number of aromatic nitrogens is 3. The first-order valence-corrected chi connectivity index (χ1v) is 15.8. The molecule has 0 amide bonds. The summed E-state index contributed by atoms with van der Waals surface area (Å²) in [5, 5.41) is 1.42. The molecule has 1 aliphatic heterocycles. The Balaban J connectivity index is 1.23. The molecule has 218 valence electrons. The minimum atomic E-state index is -0.327. The number of aromatic amines is 1. The van der Waals surface area contributed by atoms with Crippen LogP contribution in [0.3, 0.4) is 0 Å². The Hall–Kier alpha value is -4.80. The van der Waals surface area contributed by atoms with E-state index in [0.29, 0.717) is 31.7 Å². The number of imidazole rings is 1. The Bertz CT molecular complexity index is 2260. The predicted octanol–water partition coefficient (Wildman–Crippen LogP) is 5.96. The monoisotopic (exact) mass is 618 g/mol. The Labute approximate surface area is 260 Å². The first-order chi connectivity index (χ1) is 21.6. The van der Waals surface area contributed by atoms with E-state index in [4.69, 9.17) is 18.9 Å². The van der Waals surface area contributed by atoms with Crippen LogP contribution in [-0.4, -0.2) is 28.8 Å². The van der Waals surface area contributed by atoms with Crippen LogP contribution in [0.2, 0.25) is 0 Å². The van der Waals surface area contributed by atoms with Crippen molar-refractivity contribution < 1.29 is 13.9 Å². The van der Waals surface area contributed by atoms with Gasteiger partial charge in [0.15, 0.2) is 26.5 Å². The van der Waals surface area contributed by atoms with E-state index >= 15 is 0 Å². The van der Waals surface area contributed by atoms with E-state index in [1.807, 2.05) is 65.2 Å². The van der Waals surface area contributed by atoms with E-state index in [0.717, 1.165) is 51.4 Å². The van der Waals surface area contributed by atoms with Crippen molar-refractivity contribution in [3.8, 4) is 11.5 Å². The lowest BCUT2D eigenvalue weighted by atomic mass is 9.83. The van der Waals surface area contributed by atoms with Gasteiger partial charge in [-0.15, -0.1) is 0 Å². The molecule has 0 saturated carbocycles. The van der Waals surface area contributed by atoms with Crippen molar-refractivity contribution in [2.75, 3.05) is 14.2 Å². The molecule has 10 heteroatoms. The highest BCUT2D eigenvalue weighted by atomic mass is 32.2. The average molecular weight is 619 g/mol. The molecular formula is C34H26N4O4S2. The topological polar surface area (TPSA) is 94.6 Å². The summed E-state index contributed by atoms with van der Waals surface area (Å²) in [7, 11) is 3.24. The fourth-order valence-electron chi connectivity index (χ4n) is 6.01. The lowest BCUT2D eigenvalue weighted by Gasteiger charge is -2.31. The van der Waals surface area contributed by atoms with Gasteiger partial charge in [-0.1, -0.05) is 53.8 Å². The van der Waals surface area contributed by atoms with Gasteiger partial charge in [0.1, 0.15) is 5.76 Å². The molecule has 8 rings (SSSR count). The number of hydrogen-bond donors (Lipinski definition) is 1. The van der Waals surface area contributed by atoms with E-state index in [9.17, 15) is 4.79 Å². The Morgan fingerprint density at radius 1 is 1.00 bits per heavy atom. The van der Waals surface area contributed by atoms with Crippen molar-refractivity contribution in [2.24, 2.45) is 4.99 Å². The number of aryl methyl sites for hydroxylation is 1. The SMILES string of the molecule is COc1ccc(C2C3=C(N=c4s/c(=C\c5ccc(Sc6nc7ccccc7[nH]6)o5)c(=O)n42)c2ccccc2CC3)cc1OC. The maximum atomic E-state index is 14.1. The van der Waals surface area contributed by atoms with Crippen molar-refractivity contribution in [1.29, 1.82) is 0 Å². The van der Waals surface area contributed by atoms with Gasteiger partial charge in [-0.05, 0) is 77.7 Å². The van der Waals surface area contributed by atoms with Crippen LogP contribution in [-0.2, 0) is 6.42 Å². The third kappa shape index (κ3) is 4.49. The predicted molar refractivity (Wildman–Crippen MR) is 171 cm³/mol. The fourth-order valence-corrected chi connectivity index (χ4v) is 7.76. The van der Waals surface area contributed by atoms with Crippen molar-refractivity contribution in [3.05, 3.63) is 127 Å². The number of nitrogens with one attached hydrogen (secondary N) is 1. The van der Waals surface area contributed by atoms with E-state index in [1.165, 1.54) is 28.7 Å². The van der Waals surface area contributed by atoms with Crippen LogP contribution in [0.15, 0.2) is 109 Å². The third-order valence-corrected chi connectivity index (χ3v) is 9.83. The molecule has 1 atom stereocenters. The van der Waals surface area contributed by atoms with E-state index in [2.05, 4.69) is 28.2 Å². The molecular weight excluding hydrogens is 593 g/mol. The number of benzene rings is 3. The second kappa shape index (κ2) is 10.7. The molecule has 0 radical (unpaired) electrons. The van der Waals surface area contributed by atoms with Gasteiger partial charge in [-0.2, -0.15) is 0 Å². The first kappa shape index (κ1) is 26.8. The molecule has 0 saturated heterocycles. The molecule has 0 bridgehead atoms. The number of fused-ring (bicyclic) bond motifs is 4. The van der Waals surface area contributed by atoms with Gasteiger partial charge >= 0.3 is 0 Å². The van der Waals surface area contributed by atoms with Gasteiger partial charge in [0.05, 0.1) is 41.5 Å². The maximum Gasteiger partial charge on any atom is 0.271 e. The van der Waals surface area contributed by atoms with Gasteiger partial charge in [-0.3, -0.25) is 9.36 Å². The molecule has 1 N–H and O–H groups in total. The quantitative estimate of drug-likeness (QED) is 0.248. The summed E-state index contributed by atoms with van der Waals surface area (Å²) in [5.41, 5.74) is 7.16. The van der Waals surface area contributed by atoms with Crippen LogP contribution >= 0.6 is 23.1 Å². The number of para-hydroxylation sites is 2. The summed E-state index contributed by atoms with van der Waals surface area (Å²) in [6, 6.07) is 25.6. The highest BCUT2D eigenvalue weighted by Crippen LogP contribution is 2.42. The van der Waals surface area contributed by atoms with Crippen molar-refractivity contribution in [1.82, 2.24) is 14.5 Å². The van der Waals surface area contributed by atoms with Crippen LogP contribution in [0.25, 0.3) is 22.8 Å². The number of methoxy groups -OCH3 is 2. The number of nitrogens with zero attached hydrogens (tertiary/aromatic N) is 3. The van der Waals surface area contributed by atoms with Gasteiger partial charge in [0.25, 0.3) is 5.56 Å². The standard InChI is InChI=1S/C34H26N4O4S2/c1-40-26-15-12-20(17-27(26)41-2)31-23-14-11-19-7-3-4-8-22(19)30(23)37-34-38(31)32(39)28(43-34)18-21-13-16-29(42-21)44-33-35-24-9-5-6-10-25(24)36-33/h3-10,12-13,15-18,31H,11,14H2,1-2H3,(H,35,36)/b28-18-. The summed E-state index contributed by atoms with van der Waals surface area (Å²) in [6.45, 7) is 0. The Kier molecular flexibility index (Phi) is 6.53. The zero-order chi connectivity index (χ0) is 29.8. The Morgan fingerprint density at radius 3 is 2.70 bits per heavy atom. The minimum absolute atomic E-state index is 0.109. The summed E-state index contributed by atoms with van der Waals surface area (Å²) in [6.07, 6.45) is 3.49. The van der Waals surface area contributed by atoms with Gasteiger partial charge in [0.2, 0.25) is 0 Å². The summed E-state index contributed by atoms with van der Waals surface area (Å²) in [5.74, 6) is 1.85. The van der Waals surface area contributed by atoms with Gasteiger partial charge in [0, 0.05) is 11.6 Å². The third-order valence-electron chi connectivity index (χ3n) is 8.04. The normalized spacial score (nSPS) is 16.0. The molecule has 2 aliphatic rings. The largest absolute Gasteiger partial charge is 0.493 e. The van der Waals surface area contributed by atoms with Crippen LogP contribution in [0.5, 0.6) is 11.5 Å². The molecule has 1 aliphatic carbocycles. The summed E-state index contributed by atoms with van der Waals surface area (Å²) < 4.78 is 19.6. The highest BCUT2D eigenvalue weighted by molar-refractivity contribution is 7.99. The minimum Gasteiger partial charge on any atom is -0.493 e. The first-order valence-electron chi connectivity index (χ1n) is 14.2. The smallest absolute Gasteiger partial charge is 0.271 e. The lowest BCUT2D eigenvalue weighted by Crippen LogP contribution is -2.38. The lowest BCUT2D eigenvalue weighted by molar-refractivity contribution is 0.354. The molecule has 44 heavy (non-hydrogen) atoms. The number of hydrogen-bond acceptors (Lipinski definition) is 8. The average Bonchev–Trinajstić information content (AvgIpc) is 3.76. The van der Waals surface area contributed by atoms with Crippen molar-refractivity contribution >= 4 is 45.9 Å². The number of furan rings is 1. The molecule has 1 unspecified atom stereocenters. The number of ether oxygens (including phenoxy) is 2. The Morgan fingerprint density at radius 2 is 1.84 bits per heavy atom. The molecule has 3 aromatic carbocycles. The fraction of sp³-hybridized carbons (Fsp3) is 0.147. The highest BCUT2D eigenvalue weighted by Gasteiger charge is 2.33. The number of thiazole rings is 1. The zero-order valence-corrected chi connectivity index (χ0v) is 25.5. The number of rotatable bonds is 6.